The number of nitrogens with one attached hydrogen (secondary N) is 2. The van der Waals surface area contributed by atoms with Gasteiger partial charge in [0.05, 0.1) is 0 Å². The molecule has 1 unspecified atom stereocenters. The first-order chi connectivity index (χ1) is 10.1. The first-order valence-corrected chi connectivity index (χ1v) is 7.85. The molecule has 122 valence electrons. The topological polar surface area (TPSA) is 87.7 Å². The minimum absolute atomic E-state index is 0.162. The number of carbonyl (C=O) groups excluding carboxylic acids is 1. The molecule has 0 aromatic rings. The second-order valence-corrected chi connectivity index (χ2v) is 5.80. The number of urea groups is 1. The molecule has 0 radical (unpaired) electrons. The Morgan fingerprint density at radius 3 is 2.48 bits per heavy atom. The van der Waals surface area contributed by atoms with Crippen LogP contribution in [-0.4, -0.2) is 42.9 Å². The van der Waals surface area contributed by atoms with E-state index >= 15 is 0 Å². The maximum Gasteiger partial charge on any atom is 0.326 e. The normalized spacial score (nSPS) is 23.3. The van der Waals surface area contributed by atoms with Crippen molar-refractivity contribution >= 4 is 12.0 Å². The van der Waals surface area contributed by atoms with Gasteiger partial charge in [0.2, 0.25) is 0 Å². The monoisotopic (exact) mass is 300 g/mol. The molecule has 0 aromatic carbocycles. The molecular weight excluding hydrogens is 272 g/mol. The quantitative estimate of drug-likeness (QED) is 0.641. The summed E-state index contributed by atoms with van der Waals surface area (Å²) >= 11 is 0. The summed E-state index contributed by atoms with van der Waals surface area (Å²) in [5.74, 6) is -0.251. The second-order valence-electron chi connectivity index (χ2n) is 5.80. The number of aliphatic carboxylic acids is 1. The highest BCUT2D eigenvalue weighted by Gasteiger charge is 2.24. The Kier molecular flexibility index (Phi) is 8.12. The molecule has 0 saturated heterocycles. The summed E-state index contributed by atoms with van der Waals surface area (Å²) in [6.45, 7) is 2.50. The van der Waals surface area contributed by atoms with E-state index in [1.54, 1.807) is 0 Å². The Morgan fingerprint density at radius 1 is 1.29 bits per heavy atom. The molecule has 1 aliphatic rings. The van der Waals surface area contributed by atoms with Gasteiger partial charge in [-0.1, -0.05) is 19.8 Å². The fourth-order valence-electron chi connectivity index (χ4n) is 2.88. The second kappa shape index (κ2) is 9.60. The van der Waals surface area contributed by atoms with Crippen LogP contribution < -0.4 is 10.6 Å². The van der Waals surface area contributed by atoms with Crippen LogP contribution in [0.25, 0.3) is 0 Å². The third-order valence-electron chi connectivity index (χ3n) is 4.09. The predicted octanol–water partition coefficient (Wildman–Crippen LogP) is 2.13. The van der Waals surface area contributed by atoms with Gasteiger partial charge in [-0.15, -0.1) is 0 Å². The van der Waals surface area contributed by atoms with Crippen molar-refractivity contribution in [3.63, 3.8) is 0 Å². The van der Waals surface area contributed by atoms with Gasteiger partial charge in [0.1, 0.15) is 6.04 Å². The van der Waals surface area contributed by atoms with Gasteiger partial charge < -0.3 is 20.5 Å². The molecule has 3 N–H and O–H groups in total. The first kappa shape index (κ1) is 17.8. The maximum atomic E-state index is 11.9. The van der Waals surface area contributed by atoms with Crippen LogP contribution in [0.4, 0.5) is 4.79 Å². The maximum absolute atomic E-state index is 11.9. The zero-order valence-corrected chi connectivity index (χ0v) is 13.1. The van der Waals surface area contributed by atoms with Crippen molar-refractivity contribution in [3.05, 3.63) is 0 Å². The molecule has 6 nitrogen and oxygen atoms in total. The third kappa shape index (κ3) is 6.80. The SMILES string of the molecule is CCCC1CCC(NC(=O)NC(CCOC)C(=O)O)CC1. The molecule has 2 amide bonds. The van der Waals surface area contributed by atoms with Crippen molar-refractivity contribution in [2.45, 2.75) is 64.0 Å². The molecule has 0 aliphatic heterocycles. The van der Waals surface area contributed by atoms with Gasteiger partial charge in [0.25, 0.3) is 0 Å². The summed E-state index contributed by atoms with van der Waals surface area (Å²) in [6.07, 6.45) is 6.99. The van der Waals surface area contributed by atoms with E-state index in [9.17, 15) is 9.59 Å². The van der Waals surface area contributed by atoms with Crippen molar-refractivity contribution in [1.29, 1.82) is 0 Å². The lowest BCUT2D eigenvalue weighted by atomic mass is 9.83. The molecule has 0 spiro atoms. The largest absolute Gasteiger partial charge is 0.480 e. The van der Waals surface area contributed by atoms with E-state index in [0.717, 1.165) is 31.6 Å². The standard InChI is InChI=1S/C15H28N2O4/c1-3-4-11-5-7-12(8-6-11)16-15(20)17-13(14(18)19)9-10-21-2/h11-13H,3-10H2,1-2H3,(H,18,19)(H2,16,17,20). The highest BCUT2D eigenvalue weighted by Crippen LogP contribution is 2.27. The molecule has 1 atom stereocenters. The zero-order chi connectivity index (χ0) is 15.7. The van der Waals surface area contributed by atoms with Crippen molar-refractivity contribution in [1.82, 2.24) is 10.6 Å². The van der Waals surface area contributed by atoms with E-state index in [0.29, 0.717) is 6.61 Å². The van der Waals surface area contributed by atoms with Crippen LogP contribution in [0.1, 0.15) is 51.9 Å². The molecule has 21 heavy (non-hydrogen) atoms. The van der Waals surface area contributed by atoms with E-state index in [4.69, 9.17) is 9.84 Å². The minimum atomic E-state index is -1.03. The zero-order valence-electron chi connectivity index (χ0n) is 13.1. The van der Waals surface area contributed by atoms with Crippen LogP contribution in [0.2, 0.25) is 0 Å². The molecule has 0 aromatic heterocycles. The number of amides is 2. The number of rotatable bonds is 8. The predicted molar refractivity (Wildman–Crippen MR) is 80.2 cm³/mol. The van der Waals surface area contributed by atoms with E-state index in [1.807, 2.05) is 0 Å². The van der Waals surface area contributed by atoms with Gasteiger partial charge in [-0.05, 0) is 31.6 Å². The van der Waals surface area contributed by atoms with Gasteiger partial charge in [-0.25, -0.2) is 9.59 Å². The summed E-state index contributed by atoms with van der Waals surface area (Å²) in [6, 6.07) is -1.13. The Labute approximate surface area is 126 Å². The average molecular weight is 300 g/mol. The van der Waals surface area contributed by atoms with Gasteiger partial charge in [0.15, 0.2) is 0 Å². The van der Waals surface area contributed by atoms with Crippen molar-refractivity contribution in [3.8, 4) is 0 Å². The smallest absolute Gasteiger partial charge is 0.326 e. The number of ether oxygens (including phenoxy) is 1. The Hall–Kier alpha value is -1.30. The van der Waals surface area contributed by atoms with E-state index < -0.39 is 18.0 Å². The number of carboxylic acid groups (broad SMARTS) is 1. The Bertz CT molecular complexity index is 328. The van der Waals surface area contributed by atoms with Crippen molar-refractivity contribution in [2.75, 3.05) is 13.7 Å². The van der Waals surface area contributed by atoms with Gasteiger partial charge >= 0.3 is 12.0 Å². The summed E-state index contributed by atoms with van der Waals surface area (Å²) in [7, 11) is 1.51. The molecule has 1 saturated carbocycles. The molecular formula is C15H28N2O4. The fraction of sp³-hybridized carbons (Fsp3) is 0.867. The lowest BCUT2D eigenvalue weighted by Gasteiger charge is -2.29. The molecule has 6 heteroatoms. The fourth-order valence-corrected chi connectivity index (χ4v) is 2.88. The van der Waals surface area contributed by atoms with E-state index in [2.05, 4.69) is 17.6 Å². The van der Waals surface area contributed by atoms with E-state index in [-0.39, 0.29) is 12.5 Å². The number of methoxy groups -OCH3 is 1. The van der Waals surface area contributed by atoms with Crippen LogP contribution in [-0.2, 0) is 9.53 Å². The Balaban J connectivity index is 2.31. The Morgan fingerprint density at radius 2 is 1.95 bits per heavy atom. The van der Waals surface area contributed by atoms with Gasteiger partial charge in [-0.2, -0.15) is 0 Å². The highest BCUT2D eigenvalue weighted by molar-refractivity contribution is 5.82. The molecule has 0 heterocycles. The number of hydrogen-bond acceptors (Lipinski definition) is 3. The van der Waals surface area contributed by atoms with Crippen LogP contribution in [0, 0.1) is 5.92 Å². The lowest BCUT2D eigenvalue weighted by Crippen LogP contribution is -2.50. The molecule has 0 bridgehead atoms. The van der Waals surface area contributed by atoms with Crippen LogP contribution in [0.15, 0.2) is 0 Å². The van der Waals surface area contributed by atoms with Crippen molar-refractivity contribution in [2.24, 2.45) is 5.92 Å². The summed E-state index contributed by atoms with van der Waals surface area (Å²) < 4.78 is 4.85. The number of carboxylic acids is 1. The van der Waals surface area contributed by atoms with E-state index in [1.165, 1.54) is 20.0 Å². The molecule has 1 fully saturated rings. The number of hydrogen-bond donors (Lipinski definition) is 3. The lowest BCUT2D eigenvalue weighted by molar-refractivity contribution is -0.139. The van der Waals surface area contributed by atoms with Crippen LogP contribution in [0.5, 0.6) is 0 Å². The molecule has 1 aliphatic carbocycles. The summed E-state index contributed by atoms with van der Waals surface area (Å²) in [5.41, 5.74) is 0. The average Bonchev–Trinajstić information content (AvgIpc) is 2.45. The highest BCUT2D eigenvalue weighted by atomic mass is 16.5. The van der Waals surface area contributed by atoms with Crippen LogP contribution in [0.3, 0.4) is 0 Å². The summed E-state index contributed by atoms with van der Waals surface area (Å²) in [5, 5.41) is 14.4. The van der Waals surface area contributed by atoms with Crippen LogP contribution >= 0.6 is 0 Å². The van der Waals surface area contributed by atoms with Gasteiger partial charge in [0, 0.05) is 26.2 Å². The first-order valence-electron chi connectivity index (χ1n) is 7.85. The summed E-state index contributed by atoms with van der Waals surface area (Å²) in [4.78, 5) is 22.9. The minimum Gasteiger partial charge on any atom is -0.480 e. The third-order valence-corrected chi connectivity index (χ3v) is 4.09. The van der Waals surface area contributed by atoms with Crippen molar-refractivity contribution < 1.29 is 19.4 Å². The number of carbonyl (C=O) groups is 2. The van der Waals surface area contributed by atoms with Gasteiger partial charge in [-0.3, -0.25) is 0 Å². The molecule has 1 rings (SSSR count).